The van der Waals surface area contributed by atoms with Gasteiger partial charge in [-0.1, -0.05) is 18.2 Å². The number of thiocarbonyl (C=S) groups is 1. The topological polar surface area (TPSA) is 18.5 Å². The Kier molecular flexibility index (Phi) is 5.38. The smallest absolute Gasteiger partial charge is 0.173 e. The second kappa shape index (κ2) is 7.04. The first-order valence-electron chi connectivity index (χ1n) is 7.39. The van der Waals surface area contributed by atoms with Crippen molar-refractivity contribution >= 4 is 23.0 Å². The summed E-state index contributed by atoms with van der Waals surface area (Å²) < 4.78 is 0. The molecule has 1 atom stereocenters. The molecule has 0 saturated carbocycles. The molecule has 0 aliphatic carbocycles. The molecule has 1 N–H and O–H groups in total. The number of aryl methyl sites for hydroxylation is 1. The fourth-order valence-electron chi connectivity index (χ4n) is 2.67. The highest BCUT2D eigenvalue weighted by molar-refractivity contribution is 7.80. The molecule has 0 radical (unpaired) electrons. The van der Waals surface area contributed by atoms with E-state index >= 15 is 0 Å². The van der Waals surface area contributed by atoms with E-state index in [0.29, 0.717) is 6.04 Å². The molecule has 110 valence electrons. The van der Waals surface area contributed by atoms with Crippen LogP contribution in [0, 0.1) is 0 Å². The molecule has 1 aromatic carbocycles. The highest BCUT2D eigenvalue weighted by Crippen LogP contribution is 2.30. The monoisotopic (exact) mass is 291 g/mol. The molecular formula is C16H25N3S. The summed E-state index contributed by atoms with van der Waals surface area (Å²) in [5.41, 5.74) is 2.68. The quantitative estimate of drug-likeness (QED) is 0.679. The Morgan fingerprint density at radius 2 is 2.15 bits per heavy atom. The SMILES string of the molecule is C[C@@H]1CCc2ccccc2N1C(=S)NCCCN(C)C. The summed E-state index contributed by atoms with van der Waals surface area (Å²) in [6.45, 7) is 4.27. The van der Waals surface area contributed by atoms with Crippen LogP contribution in [0.1, 0.15) is 25.3 Å². The first kappa shape index (κ1) is 15.3. The number of nitrogens with one attached hydrogen (secondary N) is 1. The molecule has 20 heavy (non-hydrogen) atoms. The van der Waals surface area contributed by atoms with Gasteiger partial charge in [-0.3, -0.25) is 0 Å². The lowest BCUT2D eigenvalue weighted by Gasteiger charge is -2.37. The highest BCUT2D eigenvalue weighted by atomic mass is 32.1. The van der Waals surface area contributed by atoms with Crippen molar-refractivity contribution in [3.05, 3.63) is 29.8 Å². The molecule has 0 aromatic heterocycles. The van der Waals surface area contributed by atoms with E-state index in [9.17, 15) is 0 Å². The molecule has 1 aliphatic heterocycles. The molecule has 1 aliphatic rings. The number of fused-ring (bicyclic) bond motifs is 1. The summed E-state index contributed by atoms with van der Waals surface area (Å²) in [6, 6.07) is 9.07. The molecule has 3 nitrogen and oxygen atoms in total. The lowest BCUT2D eigenvalue weighted by atomic mass is 9.97. The molecule has 0 amide bonds. The summed E-state index contributed by atoms with van der Waals surface area (Å²) in [5, 5.41) is 4.27. The van der Waals surface area contributed by atoms with Crippen LogP contribution in [0.4, 0.5) is 5.69 Å². The summed E-state index contributed by atoms with van der Waals surface area (Å²) >= 11 is 5.61. The van der Waals surface area contributed by atoms with E-state index in [1.807, 2.05) is 0 Å². The van der Waals surface area contributed by atoms with Crippen LogP contribution < -0.4 is 10.2 Å². The zero-order chi connectivity index (χ0) is 14.5. The molecular weight excluding hydrogens is 266 g/mol. The standard InChI is InChI=1S/C16H25N3S/c1-13-9-10-14-7-4-5-8-15(14)19(13)16(20)17-11-6-12-18(2)3/h4-5,7-8,13H,6,9-12H2,1-3H3,(H,17,20)/t13-/m1/s1. The Hall–Kier alpha value is -1.13. The van der Waals surface area contributed by atoms with E-state index in [1.165, 1.54) is 11.3 Å². The van der Waals surface area contributed by atoms with E-state index in [1.54, 1.807) is 0 Å². The van der Waals surface area contributed by atoms with Crippen molar-refractivity contribution in [2.24, 2.45) is 0 Å². The number of rotatable bonds is 4. The third-order valence-corrected chi connectivity index (χ3v) is 4.14. The first-order valence-corrected chi connectivity index (χ1v) is 7.80. The zero-order valence-electron chi connectivity index (χ0n) is 12.7. The minimum Gasteiger partial charge on any atom is -0.362 e. The average molecular weight is 291 g/mol. The van der Waals surface area contributed by atoms with Gasteiger partial charge in [0.25, 0.3) is 0 Å². The number of hydrogen-bond acceptors (Lipinski definition) is 2. The Morgan fingerprint density at radius 1 is 1.40 bits per heavy atom. The van der Waals surface area contributed by atoms with Gasteiger partial charge in [0.05, 0.1) is 0 Å². The van der Waals surface area contributed by atoms with Crippen LogP contribution in [-0.2, 0) is 6.42 Å². The largest absolute Gasteiger partial charge is 0.362 e. The minimum absolute atomic E-state index is 0.471. The van der Waals surface area contributed by atoms with Crippen LogP contribution >= 0.6 is 12.2 Å². The number of nitrogens with zero attached hydrogens (tertiary/aromatic N) is 2. The second-order valence-corrected chi connectivity index (χ2v) is 6.16. The minimum atomic E-state index is 0.471. The van der Waals surface area contributed by atoms with E-state index in [-0.39, 0.29) is 0 Å². The number of hydrogen-bond donors (Lipinski definition) is 1. The fraction of sp³-hybridized carbons (Fsp3) is 0.562. The van der Waals surface area contributed by atoms with Crippen LogP contribution in [0.3, 0.4) is 0 Å². The predicted octanol–water partition coefficient (Wildman–Crippen LogP) is 2.65. The summed E-state index contributed by atoms with van der Waals surface area (Å²) in [7, 11) is 4.20. The van der Waals surface area contributed by atoms with E-state index in [4.69, 9.17) is 12.2 Å². The number of anilines is 1. The van der Waals surface area contributed by atoms with Gasteiger partial charge in [0, 0.05) is 18.3 Å². The van der Waals surface area contributed by atoms with Crippen LogP contribution in [0.15, 0.2) is 24.3 Å². The normalized spacial score (nSPS) is 18.0. The van der Waals surface area contributed by atoms with Crippen molar-refractivity contribution in [1.82, 2.24) is 10.2 Å². The molecule has 4 heteroatoms. The van der Waals surface area contributed by atoms with Gasteiger partial charge in [-0.25, -0.2) is 0 Å². The Morgan fingerprint density at radius 3 is 2.90 bits per heavy atom. The van der Waals surface area contributed by atoms with Gasteiger partial charge in [0.15, 0.2) is 5.11 Å². The van der Waals surface area contributed by atoms with Gasteiger partial charge in [-0.2, -0.15) is 0 Å². The van der Waals surface area contributed by atoms with Crippen LogP contribution in [0.5, 0.6) is 0 Å². The fourth-order valence-corrected chi connectivity index (χ4v) is 3.05. The molecule has 1 heterocycles. The summed E-state index contributed by atoms with van der Waals surface area (Å²) in [5.74, 6) is 0. The lowest BCUT2D eigenvalue weighted by Crippen LogP contribution is -2.47. The Balaban J connectivity index is 1.98. The first-order chi connectivity index (χ1) is 9.59. The zero-order valence-corrected chi connectivity index (χ0v) is 13.5. The summed E-state index contributed by atoms with van der Waals surface area (Å²) in [4.78, 5) is 4.48. The molecule has 0 spiro atoms. The van der Waals surface area contributed by atoms with Crippen LogP contribution in [0.25, 0.3) is 0 Å². The van der Waals surface area contributed by atoms with Gasteiger partial charge in [0.2, 0.25) is 0 Å². The van der Waals surface area contributed by atoms with Crippen molar-refractivity contribution < 1.29 is 0 Å². The molecule has 0 bridgehead atoms. The van der Waals surface area contributed by atoms with Crippen molar-refractivity contribution in [3.8, 4) is 0 Å². The van der Waals surface area contributed by atoms with Gasteiger partial charge in [-0.05, 0) is 70.7 Å². The van der Waals surface area contributed by atoms with Gasteiger partial charge in [0.1, 0.15) is 0 Å². The van der Waals surface area contributed by atoms with Crippen molar-refractivity contribution in [2.45, 2.75) is 32.2 Å². The number of benzene rings is 1. The maximum atomic E-state index is 5.61. The Bertz CT molecular complexity index is 459. The van der Waals surface area contributed by atoms with Crippen LogP contribution in [0.2, 0.25) is 0 Å². The van der Waals surface area contributed by atoms with Crippen molar-refractivity contribution in [2.75, 3.05) is 32.1 Å². The third-order valence-electron chi connectivity index (χ3n) is 3.80. The van der Waals surface area contributed by atoms with Gasteiger partial charge < -0.3 is 15.1 Å². The lowest BCUT2D eigenvalue weighted by molar-refractivity contribution is 0.400. The molecule has 0 saturated heterocycles. The number of para-hydroxylation sites is 1. The van der Waals surface area contributed by atoms with E-state index < -0.39 is 0 Å². The van der Waals surface area contributed by atoms with Gasteiger partial charge in [-0.15, -0.1) is 0 Å². The summed E-state index contributed by atoms with van der Waals surface area (Å²) in [6.07, 6.45) is 3.42. The molecule has 0 unspecified atom stereocenters. The molecule has 1 aromatic rings. The van der Waals surface area contributed by atoms with Gasteiger partial charge >= 0.3 is 0 Å². The third kappa shape index (κ3) is 3.70. The predicted molar refractivity (Wildman–Crippen MR) is 90.5 cm³/mol. The Labute approximate surface area is 128 Å². The molecule has 0 fully saturated rings. The second-order valence-electron chi connectivity index (χ2n) is 5.78. The van der Waals surface area contributed by atoms with E-state index in [0.717, 1.165) is 37.5 Å². The highest BCUT2D eigenvalue weighted by Gasteiger charge is 2.25. The van der Waals surface area contributed by atoms with E-state index in [2.05, 4.69) is 60.4 Å². The van der Waals surface area contributed by atoms with Crippen molar-refractivity contribution in [1.29, 1.82) is 0 Å². The van der Waals surface area contributed by atoms with Crippen LogP contribution in [-0.4, -0.2) is 43.2 Å². The average Bonchev–Trinajstić information content (AvgIpc) is 2.43. The maximum absolute atomic E-state index is 5.61. The maximum Gasteiger partial charge on any atom is 0.173 e. The van der Waals surface area contributed by atoms with Crippen molar-refractivity contribution in [3.63, 3.8) is 0 Å². The molecule has 2 rings (SSSR count).